The summed E-state index contributed by atoms with van der Waals surface area (Å²) in [5.41, 5.74) is 6.10. The molecular weight excluding hydrogens is 611 g/mol. The lowest BCUT2D eigenvalue weighted by atomic mass is 9.66. The van der Waals surface area contributed by atoms with Crippen LogP contribution in [0, 0.1) is 0 Å². The van der Waals surface area contributed by atoms with E-state index in [1.54, 1.807) is 11.3 Å². The third kappa shape index (κ3) is 4.18. The lowest BCUT2D eigenvalue weighted by Gasteiger charge is -2.35. The smallest absolute Gasteiger partial charge is 0.0720 e. The number of thiophene rings is 1. The van der Waals surface area contributed by atoms with E-state index in [1.807, 2.05) is 66.7 Å². The van der Waals surface area contributed by atoms with Crippen LogP contribution in [0.25, 0.3) is 42.1 Å². The Morgan fingerprint density at radius 1 is 0.449 bits per heavy atom. The van der Waals surface area contributed by atoms with E-state index in [0.717, 1.165) is 65.1 Å². The van der Waals surface area contributed by atoms with E-state index >= 15 is 0 Å². The van der Waals surface area contributed by atoms with Gasteiger partial charge in [0.05, 0.1) is 15.0 Å². The lowest BCUT2D eigenvalue weighted by molar-refractivity contribution is 0.778. The van der Waals surface area contributed by atoms with Crippen molar-refractivity contribution in [2.45, 2.75) is 5.41 Å². The van der Waals surface area contributed by atoms with E-state index in [-0.39, 0.29) is 46.5 Å². The van der Waals surface area contributed by atoms with Gasteiger partial charge in [-0.05, 0) is 92.7 Å². The average Bonchev–Trinajstić information content (AvgIpc) is 3.75. The first-order valence-electron chi connectivity index (χ1n) is 19.8. The van der Waals surface area contributed by atoms with Crippen LogP contribution in [0.1, 0.15) is 31.8 Å². The van der Waals surface area contributed by atoms with Crippen molar-refractivity contribution in [3.63, 3.8) is 0 Å². The van der Waals surface area contributed by atoms with Gasteiger partial charge in [-0.1, -0.05) is 139 Å². The molecule has 10 rings (SSSR count). The summed E-state index contributed by atoms with van der Waals surface area (Å²) in [5.74, 6) is 0. The molecule has 0 radical (unpaired) electrons. The summed E-state index contributed by atoms with van der Waals surface area (Å²) >= 11 is 1.67. The van der Waals surface area contributed by atoms with Crippen LogP contribution in [-0.2, 0) is 5.41 Å². The Morgan fingerprint density at radius 3 is 1.96 bits per heavy atom. The van der Waals surface area contributed by atoms with Crippen molar-refractivity contribution in [2.75, 3.05) is 4.90 Å². The van der Waals surface area contributed by atoms with E-state index in [0.29, 0.717) is 0 Å². The number of benzene rings is 8. The molecule has 0 fully saturated rings. The highest BCUT2D eigenvalue weighted by molar-refractivity contribution is 7.25. The summed E-state index contributed by atoms with van der Waals surface area (Å²) in [7, 11) is 0. The number of para-hydroxylation sites is 2. The number of hydrogen-bond acceptors (Lipinski definition) is 2. The van der Waals surface area contributed by atoms with E-state index in [1.165, 1.54) is 0 Å². The van der Waals surface area contributed by atoms with Gasteiger partial charge in [-0.15, -0.1) is 11.3 Å². The molecule has 1 aliphatic carbocycles. The summed E-state index contributed by atoms with van der Waals surface area (Å²) in [4.78, 5) is 2.20. The maximum Gasteiger partial charge on any atom is 0.0720 e. The number of hydrogen-bond donors (Lipinski definition) is 0. The van der Waals surface area contributed by atoms with Crippen molar-refractivity contribution in [3.8, 4) is 11.1 Å². The fraction of sp³-hybridized carbons (Fsp3) is 0.0213. The van der Waals surface area contributed by atoms with Gasteiger partial charge in [0.2, 0.25) is 0 Å². The first-order chi connectivity index (χ1) is 27.2. The summed E-state index contributed by atoms with van der Waals surface area (Å²) in [6.45, 7) is 0. The van der Waals surface area contributed by atoms with E-state index in [9.17, 15) is 4.11 Å². The molecule has 0 saturated carbocycles. The fourth-order valence-corrected chi connectivity index (χ4v) is 8.94. The molecule has 49 heavy (non-hydrogen) atoms. The molecule has 1 unspecified atom stereocenters. The van der Waals surface area contributed by atoms with E-state index < -0.39 is 17.5 Å². The van der Waals surface area contributed by atoms with Crippen LogP contribution >= 0.6 is 11.3 Å². The molecule has 9 aromatic rings. The highest BCUT2D eigenvalue weighted by atomic mass is 32.1. The van der Waals surface area contributed by atoms with Gasteiger partial charge >= 0.3 is 0 Å². The number of rotatable bonds is 5. The second-order valence-corrected chi connectivity index (χ2v) is 13.4. The molecule has 0 bridgehead atoms. The SMILES string of the molecule is [2H]c1c([2H])c([2H])c2c(C3(c4ccc5c(c4)sc4ccccc45)c4ccccc4-c4cc(N(c5ccccc5)c5ccccc5)ccc43)c([2H])c([2H])c([2H])c2c1[2H]. The lowest BCUT2D eigenvalue weighted by Crippen LogP contribution is -2.29. The Hall–Kier alpha value is -5.96. The van der Waals surface area contributed by atoms with E-state index in [4.69, 9.17) is 5.48 Å². The van der Waals surface area contributed by atoms with Crippen LogP contribution in [-0.4, -0.2) is 0 Å². The van der Waals surface area contributed by atoms with E-state index in [2.05, 4.69) is 83.8 Å². The summed E-state index contributed by atoms with van der Waals surface area (Å²) in [5, 5.41) is 2.25. The first kappa shape index (κ1) is 21.8. The van der Waals surface area contributed by atoms with Crippen molar-refractivity contribution in [1.29, 1.82) is 0 Å². The second-order valence-electron chi connectivity index (χ2n) is 12.3. The predicted molar refractivity (Wildman–Crippen MR) is 209 cm³/mol. The topological polar surface area (TPSA) is 3.24 Å². The van der Waals surface area contributed by atoms with Crippen LogP contribution in [0.2, 0.25) is 0 Å². The molecule has 0 saturated heterocycles. The quantitative estimate of drug-likeness (QED) is 0.179. The van der Waals surface area contributed by atoms with Crippen LogP contribution in [0.3, 0.4) is 0 Å². The number of anilines is 3. The molecular formula is C47H31NS. The number of fused-ring (bicyclic) bond motifs is 7. The molecule has 0 N–H and O–H groups in total. The third-order valence-electron chi connectivity index (χ3n) is 9.81. The van der Waals surface area contributed by atoms with Gasteiger partial charge in [-0.3, -0.25) is 0 Å². The van der Waals surface area contributed by atoms with Gasteiger partial charge in [0, 0.05) is 37.2 Å². The van der Waals surface area contributed by atoms with Crippen molar-refractivity contribution >= 4 is 59.3 Å². The van der Waals surface area contributed by atoms with Gasteiger partial charge in [0.15, 0.2) is 0 Å². The van der Waals surface area contributed by atoms with Gasteiger partial charge in [-0.2, -0.15) is 0 Å². The largest absolute Gasteiger partial charge is 0.310 e. The van der Waals surface area contributed by atoms with Crippen molar-refractivity contribution in [2.24, 2.45) is 0 Å². The fourth-order valence-electron chi connectivity index (χ4n) is 7.79. The summed E-state index contributed by atoms with van der Waals surface area (Å²) in [6, 6.07) is 46.6. The Labute approximate surface area is 299 Å². The Bertz CT molecular complexity index is 3020. The minimum atomic E-state index is -1.31. The van der Waals surface area contributed by atoms with Crippen LogP contribution in [0.15, 0.2) is 188 Å². The maximum atomic E-state index is 9.75. The standard InChI is InChI=1S/C47H31NS/c1-3-16-34(17-4-1)48(35-18-5-2-6-19-35)36-27-29-44-41(31-36)38-21-9-11-23-43(38)47(44,42-24-13-15-32-14-7-8-20-37(32)42)33-26-28-40-39-22-10-12-25-45(39)49-46(40)30-33/h1-31H/i7D,8D,13D,14D,15D,20D,24D. The molecule has 1 aromatic heterocycles. The Kier molecular flexibility index (Phi) is 4.92. The monoisotopic (exact) mass is 648 g/mol. The molecule has 0 amide bonds. The summed E-state index contributed by atoms with van der Waals surface area (Å²) < 4.78 is 65.9. The molecule has 1 nitrogen and oxygen atoms in total. The molecule has 8 aromatic carbocycles. The zero-order valence-corrected chi connectivity index (χ0v) is 27.0. The zero-order chi connectivity index (χ0) is 38.5. The van der Waals surface area contributed by atoms with Gasteiger partial charge in [0.25, 0.3) is 0 Å². The van der Waals surface area contributed by atoms with Crippen molar-refractivity contribution in [3.05, 3.63) is 210 Å². The first-order valence-corrected chi connectivity index (χ1v) is 17.1. The molecule has 230 valence electrons. The van der Waals surface area contributed by atoms with Gasteiger partial charge in [-0.25, -0.2) is 0 Å². The zero-order valence-electron chi connectivity index (χ0n) is 33.2. The van der Waals surface area contributed by atoms with Gasteiger partial charge in [0.1, 0.15) is 0 Å². The maximum absolute atomic E-state index is 9.75. The number of nitrogens with zero attached hydrogens (tertiary/aromatic N) is 1. The molecule has 0 spiro atoms. The molecule has 2 heteroatoms. The van der Waals surface area contributed by atoms with Crippen LogP contribution in [0.5, 0.6) is 0 Å². The highest BCUT2D eigenvalue weighted by Crippen LogP contribution is 2.58. The second kappa shape index (κ2) is 11.1. The van der Waals surface area contributed by atoms with Crippen LogP contribution < -0.4 is 4.90 Å². The minimum Gasteiger partial charge on any atom is -0.310 e. The van der Waals surface area contributed by atoms with Gasteiger partial charge < -0.3 is 4.90 Å². The molecule has 1 aliphatic rings. The molecule has 1 heterocycles. The van der Waals surface area contributed by atoms with Crippen LogP contribution in [0.4, 0.5) is 17.1 Å². The molecule has 1 atom stereocenters. The summed E-state index contributed by atoms with van der Waals surface area (Å²) in [6.07, 6.45) is 0. The Morgan fingerprint density at radius 2 is 1.12 bits per heavy atom. The highest BCUT2D eigenvalue weighted by Gasteiger charge is 2.47. The third-order valence-corrected chi connectivity index (χ3v) is 10.9. The Balaban J connectivity index is 1.37. The molecule has 0 aliphatic heterocycles. The predicted octanol–water partition coefficient (Wildman–Crippen LogP) is 13.0. The van der Waals surface area contributed by atoms with Crippen molar-refractivity contribution < 1.29 is 9.60 Å². The normalized spacial score (nSPS) is 17.0. The van der Waals surface area contributed by atoms with Crippen molar-refractivity contribution in [1.82, 2.24) is 0 Å². The minimum absolute atomic E-state index is 0.0591. The average molecular weight is 649 g/mol.